The average Bonchev–Trinajstić information content (AvgIpc) is 2.69. The first kappa shape index (κ1) is 17.5. The molecule has 0 fully saturated rings. The lowest BCUT2D eigenvalue weighted by molar-refractivity contribution is -0.143. The second-order valence-electron chi connectivity index (χ2n) is 7.18. The third kappa shape index (κ3) is 2.57. The van der Waals surface area contributed by atoms with Crippen LogP contribution in [0.25, 0.3) is 21.7 Å². The van der Waals surface area contributed by atoms with Gasteiger partial charge in [0.15, 0.2) is 0 Å². The maximum atomic E-state index is 13.3. The fourth-order valence-corrected chi connectivity index (χ4v) is 4.06. The number of likely N-dealkylation sites (N-methyl/N-ethyl adjacent to an activating group) is 1. The summed E-state index contributed by atoms with van der Waals surface area (Å²) in [5.41, 5.74) is 1.59. The number of ether oxygens (including phenoxy) is 1. The number of rotatable bonds is 4. The molecule has 0 saturated heterocycles. The van der Waals surface area contributed by atoms with Crippen LogP contribution in [-0.4, -0.2) is 30.5 Å². The van der Waals surface area contributed by atoms with Gasteiger partial charge in [0.25, 0.3) is 0 Å². The Labute approximate surface area is 157 Å². The third-order valence-electron chi connectivity index (χ3n) is 5.50. The molecule has 1 aliphatic rings. The molecule has 0 aliphatic carbocycles. The van der Waals surface area contributed by atoms with Crippen molar-refractivity contribution >= 4 is 39.2 Å². The van der Waals surface area contributed by atoms with Gasteiger partial charge in [-0.25, -0.2) is 0 Å². The van der Waals surface area contributed by atoms with Crippen molar-refractivity contribution in [2.75, 3.05) is 18.6 Å². The molecule has 0 spiro atoms. The number of aromatic nitrogens is 1. The molecule has 1 atom stereocenters. The number of carbonyl (C=O) groups is 2. The average molecular weight is 362 g/mol. The van der Waals surface area contributed by atoms with Gasteiger partial charge < -0.3 is 9.64 Å². The van der Waals surface area contributed by atoms with Gasteiger partial charge in [-0.3, -0.25) is 14.6 Å². The van der Waals surface area contributed by atoms with Crippen molar-refractivity contribution in [3.05, 3.63) is 48.2 Å². The number of benzene rings is 2. The van der Waals surface area contributed by atoms with E-state index in [1.807, 2.05) is 37.3 Å². The topological polar surface area (TPSA) is 59.5 Å². The highest BCUT2D eigenvalue weighted by molar-refractivity contribution is 6.19. The Bertz CT molecular complexity index is 1080. The SMILES string of the molecule is CCOC(=O)CCC1(C)C(=O)N(C)c2cccc3c2c1nc1ccccc13. The molecule has 1 unspecified atom stereocenters. The van der Waals surface area contributed by atoms with Crippen LogP contribution in [0.4, 0.5) is 5.69 Å². The number of carbonyl (C=O) groups excluding carboxylic acids is 2. The van der Waals surface area contributed by atoms with Gasteiger partial charge in [-0.15, -0.1) is 0 Å². The molecule has 5 heteroatoms. The number of hydrogen-bond acceptors (Lipinski definition) is 4. The normalized spacial score (nSPS) is 18.9. The number of anilines is 1. The standard InChI is InChI=1S/C22H22N2O3/c1-4-27-18(25)12-13-22(2)20-19-15(14-8-5-6-10-16(14)23-20)9-7-11-17(19)24(3)21(22)26/h5-11H,4,12-13H2,1-3H3. The van der Waals surface area contributed by atoms with Gasteiger partial charge in [-0.2, -0.15) is 0 Å². The number of para-hydroxylation sites is 1. The fraction of sp³-hybridized carbons (Fsp3) is 0.318. The Balaban J connectivity index is 1.96. The number of nitrogens with zero attached hydrogens (tertiary/aromatic N) is 2. The van der Waals surface area contributed by atoms with E-state index in [4.69, 9.17) is 9.72 Å². The summed E-state index contributed by atoms with van der Waals surface area (Å²) in [5.74, 6) is -0.334. The first-order valence-corrected chi connectivity index (χ1v) is 9.23. The largest absolute Gasteiger partial charge is 0.466 e. The van der Waals surface area contributed by atoms with Crippen LogP contribution in [-0.2, 0) is 19.7 Å². The van der Waals surface area contributed by atoms with E-state index in [0.29, 0.717) is 13.0 Å². The minimum absolute atomic E-state index is 0.0467. The molecule has 1 aromatic heterocycles. The van der Waals surface area contributed by atoms with Crippen molar-refractivity contribution < 1.29 is 14.3 Å². The lowest BCUT2D eigenvalue weighted by Crippen LogP contribution is -2.47. The second kappa shape index (κ2) is 6.34. The summed E-state index contributed by atoms with van der Waals surface area (Å²) in [6, 6.07) is 14.0. The van der Waals surface area contributed by atoms with E-state index in [9.17, 15) is 9.59 Å². The van der Waals surface area contributed by atoms with E-state index in [-0.39, 0.29) is 18.3 Å². The van der Waals surface area contributed by atoms with Crippen LogP contribution in [0, 0.1) is 0 Å². The summed E-state index contributed by atoms with van der Waals surface area (Å²) < 4.78 is 5.07. The van der Waals surface area contributed by atoms with Crippen LogP contribution in [0.15, 0.2) is 42.5 Å². The summed E-state index contributed by atoms with van der Waals surface area (Å²) in [5, 5.41) is 3.13. The van der Waals surface area contributed by atoms with Crippen LogP contribution in [0.2, 0.25) is 0 Å². The van der Waals surface area contributed by atoms with Crippen molar-refractivity contribution in [2.24, 2.45) is 0 Å². The second-order valence-corrected chi connectivity index (χ2v) is 7.18. The van der Waals surface area contributed by atoms with Crippen molar-refractivity contribution in [1.29, 1.82) is 0 Å². The summed E-state index contributed by atoms with van der Waals surface area (Å²) in [6.45, 7) is 4.01. The zero-order valence-electron chi connectivity index (χ0n) is 15.8. The van der Waals surface area contributed by atoms with E-state index in [1.165, 1.54) is 0 Å². The predicted octanol–water partition coefficient (Wildman–Crippen LogP) is 3.97. The van der Waals surface area contributed by atoms with Gasteiger partial charge in [0.05, 0.1) is 28.9 Å². The van der Waals surface area contributed by atoms with E-state index in [1.54, 1.807) is 18.9 Å². The molecular formula is C22H22N2O3. The Morgan fingerprint density at radius 1 is 1.15 bits per heavy atom. The third-order valence-corrected chi connectivity index (χ3v) is 5.50. The van der Waals surface area contributed by atoms with Crippen molar-refractivity contribution in [1.82, 2.24) is 4.98 Å². The molecule has 5 nitrogen and oxygen atoms in total. The molecular weight excluding hydrogens is 340 g/mol. The molecule has 1 aliphatic heterocycles. The maximum absolute atomic E-state index is 13.3. The zero-order valence-corrected chi connectivity index (χ0v) is 15.8. The number of amides is 1. The van der Waals surface area contributed by atoms with Gasteiger partial charge in [0.2, 0.25) is 5.91 Å². The van der Waals surface area contributed by atoms with Crippen LogP contribution in [0.5, 0.6) is 0 Å². The first-order chi connectivity index (χ1) is 13.0. The van der Waals surface area contributed by atoms with E-state index in [0.717, 1.165) is 33.1 Å². The number of esters is 1. The van der Waals surface area contributed by atoms with Crippen LogP contribution < -0.4 is 4.90 Å². The summed E-state index contributed by atoms with van der Waals surface area (Å²) in [6.07, 6.45) is 0.547. The molecule has 1 amide bonds. The van der Waals surface area contributed by atoms with Crippen molar-refractivity contribution in [3.8, 4) is 0 Å². The molecule has 0 radical (unpaired) electrons. The quantitative estimate of drug-likeness (QED) is 0.521. The van der Waals surface area contributed by atoms with Crippen molar-refractivity contribution in [2.45, 2.75) is 32.1 Å². The number of pyridine rings is 1. The minimum atomic E-state index is -0.877. The Morgan fingerprint density at radius 3 is 2.67 bits per heavy atom. The van der Waals surface area contributed by atoms with Gasteiger partial charge in [-0.05, 0) is 37.8 Å². The van der Waals surface area contributed by atoms with Crippen LogP contribution >= 0.6 is 0 Å². The highest BCUT2D eigenvalue weighted by Gasteiger charge is 2.45. The van der Waals surface area contributed by atoms with Gasteiger partial charge in [0, 0.05) is 24.2 Å². The molecule has 3 aromatic rings. The molecule has 0 N–H and O–H groups in total. The molecule has 0 saturated carbocycles. The summed E-state index contributed by atoms with van der Waals surface area (Å²) in [4.78, 5) is 31.8. The van der Waals surface area contributed by atoms with E-state index in [2.05, 4.69) is 12.1 Å². The van der Waals surface area contributed by atoms with Gasteiger partial charge in [-0.1, -0.05) is 30.3 Å². The highest BCUT2D eigenvalue weighted by Crippen LogP contribution is 2.45. The van der Waals surface area contributed by atoms with Crippen LogP contribution in [0.1, 0.15) is 32.4 Å². The number of hydrogen-bond donors (Lipinski definition) is 0. The Hall–Kier alpha value is -2.95. The zero-order chi connectivity index (χ0) is 19.2. The smallest absolute Gasteiger partial charge is 0.305 e. The highest BCUT2D eigenvalue weighted by atomic mass is 16.5. The molecule has 27 heavy (non-hydrogen) atoms. The molecule has 4 rings (SSSR count). The lowest BCUT2D eigenvalue weighted by atomic mass is 9.75. The lowest BCUT2D eigenvalue weighted by Gasteiger charge is -2.38. The maximum Gasteiger partial charge on any atom is 0.305 e. The molecule has 2 aromatic carbocycles. The summed E-state index contributed by atoms with van der Waals surface area (Å²) >= 11 is 0. The van der Waals surface area contributed by atoms with Crippen molar-refractivity contribution in [3.63, 3.8) is 0 Å². The predicted molar refractivity (Wildman–Crippen MR) is 106 cm³/mol. The number of fused-ring (bicyclic) bond motifs is 2. The Morgan fingerprint density at radius 2 is 1.89 bits per heavy atom. The summed E-state index contributed by atoms with van der Waals surface area (Å²) in [7, 11) is 1.79. The van der Waals surface area contributed by atoms with E-state index >= 15 is 0 Å². The molecule has 2 heterocycles. The van der Waals surface area contributed by atoms with Gasteiger partial charge in [0.1, 0.15) is 0 Å². The first-order valence-electron chi connectivity index (χ1n) is 9.23. The fourth-order valence-electron chi connectivity index (χ4n) is 4.06. The molecule has 138 valence electrons. The monoisotopic (exact) mass is 362 g/mol. The molecule has 0 bridgehead atoms. The van der Waals surface area contributed by atoms with Crippen LogP contribution in [0.3, 0.4) is 0 Å². The van der Waals surface area contributed by atoms with Gasteiger partial charge >= 0.3 is 5.97 Å². The van der Waals surface area contributed by atoms with E-state index < -0.39 is 5.41 Å². The minimum Gasteiger partial charge on any atom is -0.466 e. The Kier molecular flexibility index (Phi) is 4.10.